The third kappa shape index (κ3) is 37.7. The molecule has 4 N–H and O–H groups in total. The molecule has 0 fully saturated rings. The lowest BCUT2D eigenvalue weighted by molar-refractivity contribution is 0.310. The fraction of sp³-hybridized carbons (Fsp3) is 0. The summed E-state index contributed by atoms with van der Waals surface area (Å²) in [5.74, 6) is 0. The molecule has 0 unspecified atom stereocenters. The zero-order valence-electron chi connectivity index (χ0n) is 6.53. The van der Waals surface area contributed by atoms with Gasteiger partial charge in [-0.25, -0.2) is 0 Å². The quantitative estimate of drug-likeness (QED) is 0.171. The smallest absolute Gasteiger partial charge is 0.445 e. The summed E-state index contributed by atoms with van der Waals surface area (Å²) in [4.78, 5) is 0. The second-order valence-electron chi connectivity index (χ2n) is 1.07. The Morgan fingerprint density at radius 3 is 1.14 bits per heavy atom. The van der Waals surface area contributed by atoms with E-state index >= 15 is 0 Å². The summed E-state index contributed by atoms with van der Waals surface area (Å²) in [5.41, 5.74) is 0. The standard InChI is InChI=1S/BH3O3S2.BH3O3S.BH2OS/c2-1(3-5)4-6;2-1(3)4-5;2-1-3/h2,5-6H;2-3,5H;2-3H. The maximum absolute atomic E-state index is 8.07. The Hall–Kier alpha value is 1.31. The first-order valence-corrected chi connectivity index (χ1v) is 4.16. The molecule has 83 valence electrons. The summed E-state index contributed by atoms with van der Waals surface area (Å²) in [6.45, 7) is 0.694. The fourth-order valence-corrected chi connectivity index (χ4v) is 0.173. The van der Waals surface area contributed by atoms with E-state index in [1.807, 2.05) is 0 Å². The molecule has 0 atom stereocenters. The molecule has 0 aromatic rings. The SMILES string of the molecule is OB(O)OS.OB(OS)OS.O[B]S. The van der Waals surface area contributed by atoms with Gasteiger partial charge >= 0.3 is 21.4 Å². The molecule has 0 aliphatic carbocycles. The van der Waals surface area contributed by atoms with Crippen LogP contribution in [0.1, 0.15) is 0 Å². The van der Waals surface area contributed by atoms with Gasteiger partial charge in [0.25, 0.3) is 0 Å². The Bertz CT molecular complexity index is 81.3. The predicted octanol–water partition coefficient (Wildman–Crippen LogP) is -2.05. The molecular weight excluding hydrogens is 273 g/mol. The van der Waals surface area contributed by atoms with Crippen LogP contribution in [-0.4, -0.2) is 41.5 Å². The zero-order valence-corrected chi connectivity index (χ0v) is 10.1. The first kappa shape index (κ1) is 20.7. The van der Waals surface area contributed by atoms with Crippen LogP contribution >= 0.6 is 51.2 Å². The number of hydrogen-bond acceptors (Lipinski definition) is 11. The van der Waals surface area contributed by atoms with Gasteiger partial charge in [0.05, 0.1) is 0 Å². The van der Waals surface area contributed by atoms with Crippen molar-refractivity contribution in [1.29, 1.82) is 0 Å². The molecule has 0 spiro atoms. The zero-order chi connectivity index (χ0) is 12.0. The lowest BCUT2D eigenvalue weighted by atomic mass is 10.3. The van der Waals surface area contributed by atoms with E-state index in [1.165, 1.54) is 0 Å². The van der Waals surface area contributed by atoms with Crippen molar-refractivity contribution >= 4 is 72.6 Å². The molecule has 14 heavy (non-hydrogen) atoms. The van der Waals surface area contributed by atoms with Crippen molar-refractivity contribution in [2.75, 3.05) is 0 Å². The third-order valence-corrected chi connectivity index (χ3v) is 0.824. The molecule has 0 aliphatic heterocycles. The largest absolute Gasteiger partial charge is 0.659 e. The number of thiol groups is 4. The van der Waals surface area contributed by atoms with Crippen LogP contribution in [0.25, 0.3) is 0 Å². The van der Waals surface area contributed by atoms with Crippen LogP contribution in [0, 0.1) is 0 Å². The molecule has 0 aromatic carbocycles. The molecule has 0 bridgehead atoms. The van der Waals surface area contributed by atoms with Crippen LogP contribution in [-0.2, 0) is 12.3 Å². The highest BCUT2D eigenvalue weighted by Gasteiger charge is 2.09. The summed E-state index contributed by atoms with van der Waals surface area (Å²) in [7, 11) is -3.09. The molecule has 1 radical (unpaired) electrons. The predicted molar refractivity (Wildman–Crippen MR) is 65.3 cm³/mol. The number of rotatable bonds is 3. The monoisotopic (exact) mass is 281 g/mol. The van der Waals surface area contributed by atoms with E-state index in [0.29, 0.717) is 6.76 Å². The van der Waals surface area contributed by atoms with Crippen molar-refractivity contribution in [3.05, 3.63) is 0 Å². The van der Waals surface area contributed by atoms with Crippen LogP contribution in [0.15, 0.2) is 0 Å². The van der Waals surface area contributed by atoms with Gasteiger partial charge in [-0.05, 0) is 38.7 Å². The van der Waals surface area contributed by atoms with Gasteiger partial charge in [-0.2, -0.15) is 12.5 Å². The lowest BCUT2D eigenvalue weighted by Gasteiger charge is -1.91. The van der Waals surface area contributed by atoms with Crippen molar-refractivity contribution in [2.24, 2.45) is 0 Å². The number of hydrogen-bond donors (Lipinski definition) is 8. The van der Waals surface area contributed by atoms with Crippen LogP contribution < -0.4 is 0 Å². The van der Waals surface area contributed by atoms with Gasteiger partial charge in [0.2, 0.25) is 0 Å². The molecular formula is H8B3O7S4. The van der Waals surface area contributed by atoms with E-state index in [4.69, 9.17) is 20.1 Å². The van der Waals surface area contributed by atoms with Crippen molar-refractivity contribution in [1.82, 2.24) is 0 Å². The summed E-state index contributed by atoms with van der Waals surface area (Å²) in [5, 5.41) is 30.6. The second-order valence-corrected chi connectivity index (χ2v) is 1.93. The minimum Gasteiger partial charge on any atom is -0.445 e. The molecule has 7 nitrogen and oxygen atoms in total. The van der Waals surface area contributed by atoms with Crippen molar-refractivity contribution in [2.45, 2.75) is 0 Å². The second kappa shape index (κ2) is 19.8. The summed E-state index contributed by atoms with van der Waals surface area (Å²) >= 11 is 12.6. The van der Waals surface area contributed by atoms with E-state index in [2.05, 4.69) is 63.5 Å². The van der Waals surface area contributed by atoms with Crippen molar-refractivity contribution in [3.8, 4) is 0 Å². The van der Waals surface area contributed by atoms with Crippen LogP contribution in [0.2, 0.25) is 0 Å². The van der Waals surface area contributed by atoms with Crippen molar-refractivity contribution in [3.63, 3.8) is 0 Å². The minimum absolute atomic E-state index is 0.694. The van der Waals surface area contributed by atoms with E-state index in [0.717, 1.165) is 0 Å². The lowest BCUT2D eigenvalue weighted by Crippen LogP contribution is -2.11. The van der Waals surface area contributed by atoms with Crippen LogP contribution in [0.3, 0.4) is 0 Å². The Kier molecular flexibility index (Phi) is 29.3. The fourth-order valence-electron chi connectivity index (χ4n) is 0.0192. The Morgan fingerprint density at radius 1 is 0.929 bits per heavy atom. The van der Waals surface area contributed by atoms with Gasteiger partial charge < -0.3 is 32.4 Å². The van der Waals surface area contributed by atoms with Gasteiger partial charge in [0, 0.05) is 0 Å². The summed E-state index contributed by atoms with van der Waals surface area (Å²) in [6.07, 6.45) is 0. The highest BCUT2D eigenvalue weighted by molar-refractivity contribution is 8.05. The van der Waals surface area contributed by atoms with Gasteiger partial charge in [0.15, 0.2) is 0 Å². The normalized spacial score (nSPS) is 7.43. The Morgan fingerprint density at radius 2 is 1.14 bits per heavy atom. The molecule has 0 rings (SSSR count). The maximum atomic E-state index is 8.07. The van der Waals surface area contributed by atoms with Crippen LogP contribution in [0.5, 0.6) is 0 Å². The molecule has 0 heterocycles. The molecule has 0 saturated heterocycles. The van der Waals surface area contributed by atoms with E-state index in [-0.39, 0.29) is 0 Å². The topological polar surface area (TPSA) is 109 Å². The molecule has 0 amide bonds. The van der Waals surface area contributed by atoms with Gasteiger partial charge in [-0.15, -0.1) is 0 Å². The van der Waals surface area contributed by atoms with Crippen molar-refractivity contribution < 1.29 is 32.4 Å². The first-order chi connectivity index (χ1) is 6.49. The summed E-state index contributed by atoms with van der Waals surface area (Å²) in [6, 6.07) is 0. The first-order valence-electron chi connectivity index (χ1n) is 2.55. The highest BCUT2D eigenvalue weighted by atomic mass is 32.1. The van der Waals surface area contributed by atoms with E-state index in [1.54, 1.807) is 0 Å². The minimum atomic E-state index is -1.75. The Labute approximate surface area is 105 Å². The van der Waals surface area contributed by atoms with Gasteiger partial charge in [0.1, 0.15) is 0 Å². The van der Waals surface area contributed by atoms with E-state index < -0.39 is 14.6 Å². The van der Waals surface area contributed by atoms with E-state index in [9.17, 15) is 0 Å². The summed E-state index contributed by atoms with van der Waals surface area (Å²) < 4.78 is 11.3. The molecule has 0 saturated carbocycles. The highest BCUT2D eigenvalue weighted by Crippen LogP contribution is 1.87. The molecule has 14 heteroatoms. The Balaban J connectivity index is -0.000000138. The average molecular weight is 281 g/mol. The van der Waals surface area contributed by atoms with Gasteiger partial charge in [-0.3, -0.25) is 0 Å². The molecule has 0 aromatic heterocycles. The average Bonchev–Trinajstić information content (AvgIpc) is 2.18. The maximum Gasteiger partial charge on any atom is 0.659 e. The molecule has 0 aliphatic rings. The van der Waals surface area contributed by atoms with Crippen LogP contribution in [0.4, 0.5) is 0 Å². The third-order valence-electron chi connectivity index (χ3n) is 0.275. The van der Waals surface area contributed by atoms with Gasteiger partial charge in [-0.1, -0.05) is 0 Å².